The highest BCUT2D eigenvalue weighted by Crippen LogP contribution is 2.52. The van der Waals surface area contributed by atoms with Crippen LogP contribution >= 0.6 is 11.8 Å². The van der Waals surface area contributed by atoms with Gasteiger partial charge in [-0.05, 0) is 31.8 Å². The molecule has 68 valence electrons. The quantitative estimate of drug-likeness (QED) is 0.624. The van der Waals surface area contributed by atoms with Gasteiger partial charge in [-0.25, -0.2) is 0 Å². The fourth-order valence-corrected chi connectivity index (χ4v) is 2.46. The van der Waals surface area contributed by atoms with E-state index in [0.717, 1.165) is 0 Å². The van der Waals surface area contributed by atoms with E-state index >= 15 is 0 Å². The zero-order valence-corrected chi connectivity index (χ0v) is 8.67. The first-order valence-electron chi connectivity index (χ1n) is 4.48. The highest BCUT2D eigenvalue weighted by atomic mass is 32.2. The number of rotatable bonds is 4. The van der Waals surface area contributed by atoms with Crippen LogP contribution < -0.4 is 0 Å². The maximum Gasteiger partial charge on any atom is 0.214 e. The number of thioether (sulfide) groups is 1. The molecule has 0 heterocycles. The molecule has 12 heavy (non-hydrogen) atoms. The fraction of sp³-hybridized carbons (Fsp3) is 0.700. The highest BCUT2D eigenvalue weighted by molar-refractivity contribution is 8.15. The largest absolute Gasteiger partial charge is 0.282 e. The second-order valence-corrected chi connectivity index (χ2v) is 5.04. The Kier molecular flexibility index (Phi) is 2.99. The Morgan fingerprint density at radius 2 is 2.17 bits per heavy atom. The predicted molar refractivity (Wildman–Crippen MR) is 54.3 cm³/mol. The van der Waals surface area contributed by atoms with Crippen molar-refractivity contribution in [2.75, 3.05) is 0 Å². The molecule has 1 nitrogen and oxygen atoms in total. The summed E-state index contributed by atoms with van der Waals surface area (Å²) in [5.74, 6) is 0. The van der Waals surface area contributed by atoms with Crippen LogP contribution in [0.1, 0.15) is 39.5 Å². The van der Waals surface area contributed by atoms with Crippen molar-refractivity contribution in [1.82, 2.24) is 0 Å². The minimum absolute atomic E-state index is 0.181. The van der Waals surface area contributed by atoms with Gasteiger partial charge in [-0.3, -0.25) is 4.79 Å². The van der Waals surface area contributed by atoms with Gasteiger partial charge >= 0.3 is 0 Å². The molecule has 1 saturated carbocycles. The first-order chi connectivity index (χ1) is 5.59. The van der Waals surface area contributed by atoms with Gasteiger partial charge in [0.2, 0.25) is 5.12 Å². The van der Waals surface area contributed by atoms with E-state index in [-0.39, 0.29) is 5.12 Å². The fourth-order valence-electron chi connectivity index (χ4n) is 1.28. The molecule has 0 bridgehead atoms. The molecule has 0 unspecified atom stereocenters. The summed E-state index contributed by atoms with van der Waals surface area (Å²) in [5.41, 5.74) is 0.683. The van der Waals surface area contributed by atoms with E-state index in [1.54, 1.807) is 6.92 Å². The summed E-state index contributed by atoms with van der Waals surface area (Å²) in [6, 6.07) is 0. The SMILES string of the molecule is C=C(C)C(=O)SC1(CCC)CC1. The van der Waals surface area contributed by atoms with E-state index in [1.165, 1.54) is 37.4 Å². The Morgan fingerprint density at radius 3 is 2.50 bits per heavy atom. The molecule has 2 heteroatoms. The predicted octanol–water partition coefficient (Wildman–Crippen LogP) is 3.16. The molecule has 0 N–H and O–H groups in total. The molecule has 0 radical (unpaired) electrons. The second kappa shape index (κ2) is 3.65. The molecule has 0 amide bonds. The summed E-state index contributed by atoms with van der Waals surface area (Å²) in [5, 5.41) is 0.181. The van der Waals surface area contributed by atoms with Crippen molar-refractivity contribution in [2.24, 2.45) is 0 Å². The molecule has 0 spiro atoms. The molecular formula is C10H16OS. The Hall–Kier alpha value is -0.240. The molecule has 1 aliphatic carbocycles. The zero-order valence-electron chi connectivity index (χ0n) is 7.85. The van der Waals surface area contributed by atoms with Crippen LogP contribution in [0.5, 0.6) is 0 Å². The van der Waals surface area contributed by atoms with Crippen LogP contribution in [-0.2, 0) is 4.79 Å². The average Bonchev–Trinajstić information content (AvgIpc) is 2.69. The monoisotopic (exact) mass is 184 g/mol. The lowest BCUT2D eigenvalue weighted by Gasteiger charge is -2.11. The zero-order chi connectivity index (χ0) is 9.19. The van der Waals surface area contributed by atoms with Gasteiger partial charge in [-0.2, -0.15) is 0 Å². The van der Waals surface area contributed by atoms with Gasteiger partial charge in [0.25, 0.3) is 0 Å². The van der Waals surface area contributed by atoms with Gasteiger partial charge in [0.1, 0.15) is 0 Å². The molecule has 1 aliphatic rings. The van der Waals surface area contributed by atoms with E-state index in [0.29, 0.717) is 10.3 Å². The van der Waals surface area contributed by atoms with Crippen LogP contribution in [0.2, 0.25) is 0 Å². The average molecular weight is 184 g/mol. The number of carbonyl (C=O) groups is 1. The van der Waals surface area contributed by atoms with E-state index in [1.807, 2.05) is 0 Å². The van der Waals surface area contributed by atoms with E-state index in [9.17, 15) is 4.79 Å². The molecule has 0 atom stereocenters. The van der Waals surface area contributed by atoms with Crippen LogP contribution in [0, 0.1) is 0 Å². The van der Waals surface area contributed by atoms with E-state index in [4.69, 9.17) is 0 Å². The first-order valence-corrected chi connectivity index (χ1v) is 5.30. The Labute approximate surface area is 78.6 Å². The lowest BCUT2D eigenvalue weighted by Crippen LogP contribution is -2.07. The van der Waals surface area contributed by atoms with E-state index < -0.39 is 0 Å². The van der Waals surface area contributed by atoms with Crippen molar-refractivity contribution in [2.45, 2.75) is 44.3 Å². The number of hydrogen-bond donors (Lipinski definition) is 0. The third-order valence-electron chi connectivity index (χ3n) is 2.17. The van der Waals surface area contributed by atoms with Gasteiger partial charge in [-0.1, -0.05) is 31.7 Å². The maximum absolute atomic E-state index is 11.3. The number of hydrogen-bond acceptors (Lipinski definition) is 2. The molecule has 0 aromatic heterocycles. The summed E-state index contributed by atoms with van der Waals surface area (Å²) in [6.45, 7) is 7.62. The minimum atomic E-state index is 0.181. The van der Waals surface area contributed by atoms with Crippen LogP contribution in [0.15, 0.2) is 12.2 Å². The van der Waals surface area contributed by atoms with Crippen molar-refractivity contribution in [3.63, 3.8) is 0 Å². The molecule has 0 aromatic rings. The Morgan fingerprint density at radius 1 is 1.58 bits per heavy atom. The van der Waals surface area contributed by atoms with Gasteiger partial charge < -0.3 is 0 Å². The van der Waals surface area contributed by atoms with Gasteiger partial charge in [0, 0.05) is 4.75 Å². The molecule has 0 aromatic carbocycles. The summed E-state index contributed by atoms with van der Waals surface area (Å²) in [7, 11) is 0. The summed E-state index contributed by atoms with van der Waals surface area (Å²) >= 11 is 1.51. The third kappa shape index (κ3) is 2.37. The second-order valence-electron chi connectivity index (χ2n) is 3.60. The molecular weight excluding hydrogens is 168 g/mol. The van der Waals surface area contributed by atoms with Gasteiger partial charge in [0.05, 0.1) is 0 Å². The van der Waals surface area contributed by atoms with E-state index in [2.05, 4.69) is 13.5 Å². The van der Waals surface area contributed by atoms with Crippen LogP contribution in [0.3, 0.4) is 0 Å². The molecule has 0 aliphatic heterocycles. The van der Waals surface area contributed by atoms with Crippen molar-refractivity contribution in [3.05, 3.63) is 12.2 Å². The maximum atomic E-state index is 11.3. The highest BCUT2D eigenvalue weighted by Gasteiger charge is 2.44. The van der Waals surface area contributed by atoms with Crippen molar-refractivity contribution >= 4 is 16.9 Å². The lowest BCUT2D eigenvalue weighted by atomic mass is 10.2. The normalized spacial score (nSPS) is 18.8. The Balaban J connectivity index is 2.40. The summed E-state index contributed by atoms with van der Waals surface area (Å²) < 4.78 is 0.310. The third-order valence-corrected chi connectivity index (χ3v) is 3.75. The lowest BCUT2D eigenvalue weighted by molar-refractivity contribution is -0.107. The van der Waals surface area contributed by atoms with Crippen molar-refractivity contribution in [1.29, 1.82) is 0 Å². The minimum Gasteiger partial charge on any atom is -0.282 e. The molecule has 0 saturated heterocycles. The van der Waals surface area contributed by atoms with Crippen molar-refractivity contribution < 1.29 is 4.79 Å². The molecule has 1 rings (SSSR count). The summed E-state index contributed by atoms with van der Waals surface area (Å²) in [4.78, 5) is 11.3. The molecule has 1 fully saturated rings. The summed E-state index contributed by atoms with van der Waals surface area (Å²) in [6.07, 6.45) is 4.78. The van der Waals surface area contributed by atoms with Crippen LogP contribution in [-0.4, -0.2) is 9.86 Å². The van der Waals surface area contributed by atoms with Crippen LogP contribution in [0.25, 0.3) is 0 Å². The topological polar surface area (TPSA) is 17.1 Å². The van der Waals surface area contributed by atoms with Gasteiger partial charge in [-0.15, -0.1) is 0 Å². The van der Waals surface area contributed by atoms with Crippen molar-refractivity contribution in [3.8, 4) is 0 Å². The smallest absolute Gasteiger partial charge is 0.214 e. The van der Waals surface area contributed by atoms with Gasteiger partial charge in [0.15, 0.2) is 0 Å². The standard InChI is InChI=1S/C10H16OS/c1-4-5-10(6-7-10)12-9(11)8(2)3/h2,4-7H2,1,3H3. The number of carbonyl (C=O) groups excluding carboxylic acids is 1. The Bertz CT molecular complexity index is 204. The first kappa shape index (κ1) is 9.85. The van der Waals surface area contributed by atoms with Crippen LogP contribution in [0.4, 0.5) is 0 Å².